The number of hydrogen-bond acceptors (Lipinski definition) is 1. The fraction of sp³-hybridized carbons (Fsp3) is 0.462. The number of benzene rings is 1. The zero-order valence-electron chi connectivity index (χ0n) is 9.26. The first-order valence-corrected chi connectivity index (χ1v) is 6.04. The van der Waals surface area contributed by atoms with E-state index >= 15 is 0 Å². The van der Waals surface area contributed by atoms with Crippen LogP contribution in [0.1, 0.15) is 36.3 Å². The Hall–Kier alpha value is -0.960. The van der Waals surface area contributed by atoms with E-state index in [1.54, 1.807) is 0 Å². The molecule has 0 bridgehead atoms. The summed E-state index contributed by atoms with van der Waals surface area (Å²) in [5.41, 5.74) is 2.18. The minimum absolute atomic E-state index is 0.114. The first-order valence-electron chi connectivity index (χ1n) is 5.66. The van der Waals surface area contributed by atoms with Gasteiger partial charge < -0.3 is 0 Å². The van der Waals surface area contributed by atoms with E-state index in [-0.39, 0.29) is 12.3 Å². The predicted molar refractivity (Wildman–Crippen MR) is 62.5 cm³/mol. The van der Waals surface area contributed by atoms with Crippen molar-refractivity contribution in [2.75, 3.05) is 0 Å². The summed E-state index contributed by atoms with van der Waals surface area (Å²) < 4.78 is 25.3. The molecule has 2 rings (SSSR count). The molecule has 0 aliphatic heterocycles. The molecule has 92 valence electrons. The molecule has 0 saturated carbocycles. The fourth-order valence-corrected chi connectivity index (χ4v) is 2.48. The maximum atomic E-state index is 12.7. The molecular formula is C13H13ClF2O. The molecule has 1 aliphatic carbocycles. The van der Waals surface area contributed by atoms with Gasteiger partial charge in [0.25, 0.3) is 0 Å². The highest BCUT2D eigenvalue weighted by Gasteiger charge is 2.37. The third kappa shape index (κ3) is 2.83. The predicted octanol–water partition coefficient (Wildman–Crippen LogP) is 3.90. The molecule has 0 amide bonds. The number of carbonyl (C=O) groups excluding carboxylic acids is 1. The van der Waals surface area contributed by atoms with E-state index in [9.17, 15) is 13.6 Å². The Morgan fingerprint density at radius 1 is 1.41 bits per heavy atom. The quantitative estimate of drug-likeness (QED) is 0.752. The second-order valence-corrected chi connectivity index (χ2v) is 4.89. The lowest BCUT2D eigenvalue weighted by atomic mass is 9.80. The van der Waals surface area contributed by atoms with E-state index in [1.807, 2.05) is 24.3 Å². The second-order valence-electron chi connectivity index (χ2n) is 4.41. The monoisotopic (exact) mass is 258 g/mol. The topological polar surface area (TPSA) is 17.1 Å². The molecule has 1 unspecified atom stereocenters. The number of ketones is 1. The van der Waals surface area contributed by atoms with Crippen LogP contribution in [0.5, 0.6) is 0 Å². The number of carbonyl (C=O) groups is 1. The first-order chi connectivity index (χ1) is 7.98. The third-order valence-electron chi connectivity index (χ3n) is 3.24. The standard InChI is InChI=1S/C13H13ClF2O/c14-13(15,16)12(17)8-10-6-3-5-9-4-1-2-7-11(9)10/h1-2,4,7,10H,3,5-6,8H2. The molecule has 0 spiro atoms. The second kappa shape index (κ2) is 4.73. The van der Waals surface area contributed by atoms with Crippen LogP contribution in [0.3, 0.4) is 0 Å². The summed E-state index contributed by atoms with van der Waals surface area (Å²) >= 11 is 4.75. The zero-order chi connectivity index (χ0) is 12.5. The smallest absolute Gasteiger partial charge is 0.291 e. The van der Waals surface area contributed by atoms with Crippen molar-refractivity contribution in [1.82, 2.24) is 0 Å². The first kappa shape index (κ1) is 12.5. The van der Waals surface area contributed by atoms with Gasteiger partial charge in [0.1, 0.15) is 0 Å². The Bertz CT molecular complexity index is 426. The average molecular weight is 259 g/mol. The minimum Gasteiger partial charge on any atom is -0.291 e. The molecule has 1 aliphatic rings. The van der Waals surface area contributed by atoms with Gasteiger partial charge in [0, 0.05) is 6.42 Å². The van der Waals surface area contributed by atoms with Gasteiger partial charge in [-0.3, -0.25) is 4.79 Å². The van der Waals surface area contributed by atoms with Crippen LogP contribution < -0.4 is 0 Å². The van der Waals surface area contributed by atoms with E-state index in [2.05, 4.69) is 0 Å². The highest BCUT2D eigenvalue weighted by atomic mass is 35.5. The van der Waals surface area contributed by atoms with Crippen LogP contribution in [-0.2, 0) is 11.2 Å². The van der Waals surface area contributed by atoms with Gasteiger partial charge in [-0.05, 0) is 47.9 Å². The number of halogens is 3. The van der Waals surface area contributed by atoms with Gasteiger partial charge in [0.15, 0.2) is 0 Å². The number of alkyl halides is 3. The van der Waals surface area contributed by atoms with Gasteiger partial charge in [-0.25, -0.2) is 0 Å². The molecule has 1 nitrogen and oxygen atoms in total. The number of rotatable bonds is 3. The van der Waals surface area contributed by atoms with Crippen LogP contribution >= 0.6 is 11.6 Å². The lowest BCUT2D eigenvalue weighted by molar-refractivity contribution is -0.133. The summed E-state index contributed by atoms with van der Waals surface area (Å²) in [5, 5.41) is -3.73. The SMILES string of the molecule is O=C(CC1CCCc2ccccc21)C(F)(F)Cl. The molecule has 1 atom stereocenters. The molecule has 0 saturated heterocycles. The summed E-state index contributed by atoms with van der Waals surface area (Å²) in [6.07, 6.45) is 2.49. The molecular weight excluding hydrogens is 246 g/mol. The van der Waals surface area contributed by atoms with Crippen molar-refractivity contribution in [3.8, 4) is 0 Å². The summed E-state index contributed by atoms with van der Waals surface area (Å²) in [6.45, 7) is 0. The molecule has 0 radical (unpaired) electrons. The van der Waals surface area contributed by atoms with E-state index in [0.717, 1.165) is 30.4 Å². The van der Waals surface area contributed by atoms with Gasteiger partial charge in [-0.2, -0.15) is 8.78 Å². The van der Waals surface area contributed by atoms with Gasteiger partial charge in [-0.15, -0.1) is 0 Å². The Morgan fingerprint density at radius 3 is 2.82 bits per heavy atom. The van der Waals surface area contributed by atoms with Crippen LogP contribution in [0.15, 0.2) is 24.3 Å². The van der Waals surface area contributed by atoms with Crippen molar-refractivity contribution in [2.24, 2.45) is 0 Å². The lowest BCUT2D eigenvalue weighted by Crippen LogP contribution is -2.24. The molecule has 0 fully saturated rings. The van der Waals surface area contributed by atoms with E-state index in [4.69, 9.17) is 11.6 Å². The molecule has 1 aromatic carbocycles. The van der Waals surface area contributed by atoms with Crippen LogP contribution in [-0.4, -0.2) is 11.2 Å². The summed E-state index contributed by atoms with van der Waals surface area (Å²) in [7, 11) is 0. The van der Waals surface area contributed by atoms with Crippen LogP contribution in [0.2, 0.25) is 0 Å². The van der Waals surface area contributed by atoms with Crippen molar-refractivity contribution >= 4 is 17.4 Å². The summed E-state index contributed by atoms with van der Waals surface area (Å²) in [5.74, 6) is -1.29. The van der Waals surface area contributed by atoms with Crippen molar-refractivity contribution < 1.29 is 13.6 Å². The van der Waals surface area contributed by atoms with E-state index in [0.29, 0.717) is 0 Å². The summed E-state index contributed by atoms with van der Waals surface area (Å²) in [6, 6.07) is 7.71. The molecule has 1 aromatic rings. The number of fused-ring (bicyclic) bond motifs is 1. The van der Waals surface area contributed by atoms with Crippen molar-refractivity contribution in [1.29, 1.82) is 0 Å². The molecule has 0 aromatic heterocycles. The molecule has 0 N–H and O–H groups in total. The highest BCUT2D eigenvalue weighted by molar-refractivity contribution is 6.32. The minimum atomic E-state index is -3.73. The Labute approximate surface area is 104 Å². The third-order valence-corrected chi connectivity index (χ3v) is 3.45. The largest absolute Gasteiger partial charge is 0.380 e. The zero-order valence-corrected chi connectivity index (χ0v) is 10.0. The van der Waals surface area contributed by atoms with Gasteiger partial charge >= 0.3 is 5.38 Å². The van der Waals surface area contributed by atoms with E-state index in [1.165, 1.54) is 0 Å². The average Bonchev–Trinajstić information content (AvgIpc) is 2.28. The number of Topliss-reactive ketones (excluding diaryl/α,β-unsaturated/α-hetero) is 1. The Kier molecular flexibility index (Phi) is 3.48. The van der Waals surface area contributed by atoms with Crippen molar-refractivity contribution in [3.63, 3.8) is 0 Å². The van der Waals surface area contributed by atoms with Crippen LogP contribution in [0.4, 0.5) is 8.78 Å². The normalized spacial score (nSPS) is 19.8. The number of hydrogen-bond donors (Lipinski definition) is 0. The highest BCUT2D eigenvalue weighted by Crippen LogP contribution is 2.36. The van der Waals surface area contributed by atoms with Gasteiger partial charge in [0.05, 0.1) is 0 Å². The molecule has 0 heterocycles. The Balaban J connectivity index is 2.17. The maximum Gasteiger partial charge on any atom is 0.380 e. The number of aryl methyl sites for hydroxylation is 1. The van der Waals surface area contributed by atoms with Crippen LogP contribution in [0.25, 0.3) is 0 Å². The molecule has 17 heavy (non-hydrogen) atoms. The van der Waals surface area contributed by atoms with Crippen molar-refractivity contribution in [3.05, 3.63) is 35.4 Å². The van der Waals surface area contributed by atoms with Crippen molar-refractivity contribution in [2.45, 2.75) is 37.0 Å². The summed E-state index contributed by atoms with van der Waals surface area (Å²) in [4.78, 5) is 11.3. The maximum absolute atomic E-state index is 12.7. The lowest BCUT2D eigenvalue weighted by Gasteiger charge is -2.25. The van der Waals surface area contributed by atoms with E-state index < -0.39 is 11.2 Å². The van der Waals surface area contributed by atoms with Gasteiger partial charge in [-0.1, -0.05) is 24.3 Å². The molecule has 4 heteroatoms. The van der Waals surface area contributed by atoms with Gasteiger partial charge in [0.2, 0.25) is 5.78 Å². The van der Waals surface area contributed by atoms with Crippen LogP contribution in [0, 0.1) is 0 Å². The fourth-order valence-electron chi connectivity index (χ4n) is 2.41. The Morgan fingerprint density at radius 2 is 2.12 bits per heavy atom.